The molecule has 0 bridgehead atoms. The van der Waals surface area contributed by atoms with Crippen molar-refractivity contribution in [3.05, 3.63) is 89.2 Å². The molecule has 4 aromatic rings. The van der Waals surface area contributed by atoms with E-state index in [1.54, 1.807) is 29.2 Å². The van der Waals surface area contributed by atoms with E-state index in [-0.39, 0.29) is 17.2 Å². The number of benzene rings is 3. The summed E-state index contributed by atoms with van der Waals surface area (Å²) in [7, 11) is 0. The SMILES string of the molecule is O=C(Nc1ccccc1F)Nc1cccc2c1CCN(C(=O)c1cc(F)cc3[nH]cnc13)C2. The first kappa shape index (κ1) is 20.6. The molecule has 1 aliphatic rings. The molecule has 7 nitrogen and oxygen atoms in total. The van der Waals surface area contributed by atoms with Crippen LogP contribution in [0.4, 0.5) is 25.0 Å². The number of carbonyl (C=O) groups is 2. The number of urea groups is 1. The molecule has 0 saturated heterocycles. The maximum atomic E-state index is 14.0. The largest absolute Gasteiger partial charge is 0.344 e. The van der Waals surface area contributed by atoms with Crippen LogP contribution < -0.4 is 10.6 Å². The molecule has 166 valence electrons. The molecule has 5 rings (SSSR count). The van der Waals surface area contributed by atoms with E-state index in [1.807, 2.05) is 6.07 Å². The molecule has 0 atom stereocenters. The van der Waals surface area contributed by atoms with Gasteiger partial charge in [0, 0.05) is 18.8 Å². The van der Waals surface area contributed by atoms with Crippen molar-refractivity contribution >= 4 is 34.3 Å². The molecule has 0 aliphatic carbocycles. The van der Waals surface area contributed by atoms with Gasteiger partial charge < -0.3 is 20.5 Å². The Kier molecular flexibility index (Phi) is 5.21. The predicted molar refractivity (Wildman–Crippen MR) is 120 cm³/mol. The predicted octanol–water partition coefficient (Wildman–Crippen LogP) is 4.68. The lowest BCUT2D eigenvalue weighted by Crippen LogP contribution is -2.36. The van der Waals surface area contributed by atoms with Gasteiger partial charge >= 0.3 is 6.03 Å². The lowest BCUT2D eigenvalue weighted by molar-refractivity contribution is 0.0736. The number of hydrogen-bond acceptors (Lipinski definition) is 3. The highest BCUT2D eigenvalue weighted by Crippen LogP contribution is 2.28. The Morgan fingerprint density at radius 2 is 1.79 bits per heavy atom. The number of amides is 3. The summed E-state index contributed by atoms with van der Waals surface area (Å²) >= 11 is 0. The van der Waals surface area contributed by atoms with Gasteiger partial charge in [-0.25, -0.2) is 18.6 Å². The van der Waals surface area contributed by atoms with Crippen molar-refractivity contribution < 1.29 is 18.4 Å². The number of nitrogens with one attached hydrogen (secondary N) is 3. The van der Waals surface area contributed by atoms with Crippen molar-refractivity contribution in [2.75, 3.05) is 17.2 Å². The van der Waals surface area contributed by atoms with Crippen molar-refractivity contribution in [2.24, 2.45) is 0 Å². The first-order valence-electron chi connectivity index (χ1n) is 10.3. The lowest BCUT2D eigenvalue weighted by atomic mass is 9.97. The number of aromatic amines is 1. The van der Waals surface area contributed by atoms with Crippen molar-refractivity contribution in [2.45, 2.75) is 13.0 Å². The molecule has 0 unspecified atom stereocenters. The number of anilines is 2. The van der Waals surface area contributed by atoms with Crippen LogP contribution in [0.1, 0.15) is 21.5 Å². The Morgan fingerprint density at radius 1 is 1.00 bits per heavy atom. The highest BCUT2D eigenvalue weighted by molar-refractivity contribution is 6.05. The number of nitrogens with zero attached hydrogens (tertiary/aromatic N) is 2. The zero-order valence-electron chi connectivity index (χ0n) is 17.4. The number of carbonyl (C=O) groups excluding carboxylic acids is 2. The molecule has 1 aromatic heterocycles. The molecule has 3 N–H and O–H groups in total. The Labute approximate surface area is 187 Å². The number of halogens is 2. The smallest absolute Gasteiger partial charge is 0.323 e. The van der Waals surface area contributed by atoms with Gasteiger partial charge in [0.1, 0.15) is 17.2 Å². The average Bonchev–Trinajstić information content (AvgIpc) is 3.28. The van der Waals surface area contributed by atoms with Crippen LogP contribution in [0.5, 0.6) is 0 Å². The molecule has 33 heavy (non-hydrogen) atoms. The molecule has 0 radical (unpaired) electrons. The van der Waals surface area contributed by atoms with E-state index in [0.717, 1.165) is 11.1 Å². The summed E-state index contributed by atoms with van der Waals surface area (Å²) < 4.78 is 27.8. The second kappa shape index (κ2) is 8.34. The van der Waals surface area contributed by atoms with Crippen LogP contribution in [0.25, 0.3) is 11.0 Å². The van der Waals surface area contributed by atoms with E-state index in [9.17, 15) is 18.4 Å². The summed E-state index contributed by atoms with van der Waals surface area (Å²) in [5.74, 6) is -1.35. The van der Waals surface area contributed by atoms with Crippen LogP contribution in [-0.2, 0) is 13.0 Å². The van der Waals surface area contributed by atoms with Gasteiger partial charge in [0.25, 0.3) is 5.91 Å². The third-order valence-corrected chi connectivity index (χ3v) is 5.64. The molecule has 3 aromatic carbocycles. The van der Waals surface area contributed by atoms with E-state index >= 15 is 0 Å². The topological polar surface area (TPSA) is 90.1 Å². The van der Waals surface area contributed by atoms with Gasteiger partial charge in [-0.15, -0.1) is 0 Å². The van der Waals surface area contributed by atoms with Crippen LogP contribution >= 0.6 is 0 Å². The van der Waals surface area contributed by atoms with Gasteiger partial charge in [0.2, 0.25) is 0 Å². The number of aromatic nitrogens is 2. The summed E-state index contributed by atoms with van der Waals surface area (Å²) in [6.45, 7) is 0.697. The van der Waals surface area contributed by atoms with E-state index < -0.39 is 17.7 Å². The number of H-pyrrole nitrogens is 1. The zero-order chi connectivity index (χ0) is 22.9. The summed E-state index contributed by atoms with van der Waals surface area (Å²) in [4.78, 5) is 34.2. The molecular formula is C24H19F2N5O2. The molecule has 3 amide bonds. The summed E-state index contributed by atoms with van der Waals surface area (Å²) in [6.07, 6.45) is 1.92. The van der Waals surface area contributed by atoms with Crippen molar-refractivity contribution in [1.29, 1.82) is 0 Å². The first-order valence-corrected chi connectivity index (χ1v) is 10.3. The van der Waals surface area contributed by atoms with Crippen LogP contribution in [0.3, 0.4) is 0 Å². The van der Waals surface area contributed by atoms with Crippen LogP contribution in [0.15, 0.2) is 60.9 Å². The van der Waals surface area contributed by atoms with Gasteiger partial charge in [-0.05, 0) is 47.9 Å². The normalized spacial score (nSPS) is 13.0. The molecule has 0 spiro atoms. The van der Waals surface area contributed by atoms with E-state index in [1.165, 1.54) is 30.6 Å². The molecule has 9 heteroatoms. The molecule has 1 aliphatic heterocycles. The van der Waals surface area contributed by atoms with Gasteiger partial charge in [0.05, 0.1) is 23.1 Å². The average molecular weight is 447 g/mol. The quantitative estimate of drug-likeness (QED) is 0.426. The standard InChI is InChI=1S/C24H19F2N5O2/c25-15-10-17(22-21(11-15)27-13-28-22)23(32)31-9-8-16-14(12-31)4-3-7-19(16)29-24(33)30-20-6-2-1-5-18(20)26/h1-7,10-11,13H,8-9,12H2,(H,27,28)(H2,29,30,33). The highest BCUT2D eigenvalue weighted by Gasteiger charge is 2.26. The number of fused-ring (bicyclic) bond motifs is 2. The fourth-order valence-corrected chi connectivity index (χ4v) is 4.09. The monoisotopic (exact) mass is 447 g/mol. The van der Waals surface area contributed by atoms with Crippen LogP contribution in [-0.4, -0.2) is 33.4 Å². The number of para-hydroxylation sites is 1. The van der Waals surface area contributed by atoms with Crippen LogP contribution in [0, 0.1) is 11.6 Å². The zero-order valence-corrected chi connectivity index (χ0v) is 17.4. The van der Waals surface area contributed by atoms with Gasteiger partial charge in [-0.2, -0.15) is 0 Å². The molecule has 0 fully saturated rings. The van der Waals surface area contributed by atoms with Crippen LogP contribution in [0.2, 0.25) is 0 Å². The Morgan fingerprint density at radius 3 is 2.64 bits per heavy atom. The minimum atomic E-state index is -0.562. The third-order valence-electron chi connectivity index (χ3n) is 5.64. The second-order valence-electron chi connectivity index (χ2n) is 7.73. The minimum absolute atomic E-state index is 0.0799. The fraction of sp³-hybridized carbons (Fsp3) is 0.125. The Bertz CT molecular complexity index is 1380. The van der Waals surface area contributed by atoms with E-state index in [4.69, 9.17) is 0 Å². The van der Waals surface area contributed by atoms with E-state index in [0.29, 0.717) is 36.2 Å². The minimum Gasteiger partial charge on any atom is -0.344 e. The van der Waals surface area contributed by atoms with Crippen molar-refractivity contribution in [3.63, 3.8) is 0 Å². The third kappa shape index (κ3) is 4.00. The highest BCUT2D eigenvalue weighted by atomic mass is 19.1. The van der Waals surface area contributed by atoms with Crippen molar-refractivity contribution in [3.8, 4) is 0 Å². The van der Waals surface area contributed by atoms with E-state index in [2.05, 4.69) is 20.6 Å². The molecule has 0 saturated carbocycles. The Balaban J connectivity index is 1.35. The summed E-state index contributed by atoms with van der Waals surface area (Å²) in [5.41, 5.74) is 3.52. The van der Waals surface area contributed by atoms with Crippen molar-refractivity contribution in [1.82, 2.24) is 14.9 Å². The second-order valence-corrected chi connectivity index (χ2v) is 7.73. The van der Waals surface area contributed by atoms with Gasteiger partial charge in [-0.3, -0.25) is 4.79 Å². The number of rotatable bonds is 3. The van der Waals surface area contributed by atoms with Gasteiger partial charge in [-0.1, -0.05) is 24.3 Å². The summed E-state index contributed by atoms with van der Waals surface area (Å²) in [6, 6.07) is 13.3. The molecular weight excluding hydrogens is 428 g/mol. The number of imidazole rings is 1. The Hall–Kier alpha value is -4.27. The maximum absolute atomic E-state index is 14.0. The lowest BCUT2D eigenvalue weighted by Gasteiger charge is -2.30. The summed E-state index contributed by atoms with van der Waals surface area (Å²) in [5, 5.41) is 5.26. The first-order chi connectivity index (χ1) is 16.0. The fourth-order valence-electron chi connectivity index (χ4n) is 4.09. The molecule has 2 heterocycles. The maximum Gasteiger partial charge on any atom is 0.323 e. The number of hydrogen-bond donors (Lipinski definition) is 3. The van der Waals surface area contributed by atoms with Gasteiger partial charge in [0.15, 0.2) is 0 Å².